The van der Waals surface area contributed by atoms with Gasteiger partial charge in [0.05, 0.1) is 7.11 Å². The van der Waals surface area contributed by atoms with E-state index in [0.717, 1.165) is 0 Å². The molecule has 1 rings (SSSR count). The van der Waals surface area contributed by atoms with E-state index in [0.29, 0.717) is 23.9 Å². The van der Waals surface area contributed by atoms with E-state index in [1.54, 1.807) is 11.5 Å². The lowest BCUT2D eigenvalue weighted by Gasteiger charge is -2.06. The monoisotopic (exact) mass is 259 g/mol. The number of hydrogen-bond donors (Lipinski definition) is 1. The number of hydrogen-bond acceptors (Lipinski definition) is 5. The summed E-state index contributed by atoms with van der Waals surface area (Å²) in [6, 6.07) is 0. The first-order valence-electron chi connectivity index (χ1n) is 5.27. The Kier molecular flexibility index (Phi) is 4.68. The van der Waals surface area contributed by atoms with Crippen molar-refractivity contribution in [3.05, 3.63) is 11.5 Å². The summed E-state index contributed by atoms with van der Waals surface area (Å²) >= 11 is 0. The number of methoxy groups -OCH3 is 1. The molecule has 7 heteroatoms. The van der Waals surface area contributed by atoms with E-state index in [1.165, 1.54) is 7.11 Å². The molecule has 17 heavy (non-hydrogen) atoms. The molecule has 1 unspecified atom stereocenters. The molecular formula is C10H17N3O3S. The van der Waals surface area contributed by atoms with Gasteiger partial charge >= 0.3 is 5.97 Å². The molecule has 0 fully saturated rings. The van der Waals surface area contributed by atoms with Crippen LogP contribution in [0.15, 0.2) is 0 Å². The molecule has 0 saturated carbocycles. The number of ether oxygens (including phenoxy) is 1. The molecule has 1 heterocycles. The minimum absolute atomic E-state index is 0.118. The molecule has 0 aliphatic heterocycles. The first-order valence-corrected chi connectivity index (χ1v) is 6.75. The number of nitrogens with two attached hydrogens (primary N) is 1. The molecular weight excluding hydrogens is 242 g/mol. The molecule has 1 aromatic rings. The van der Waals surface area contributed by atoms with Crippen LogP contribution in [0.25, 0.3) is 0 Å². The summed E-state index contributed by atoms with van der Waals surface area (Å²) in [5, 5.41) is 0. The highest BCUT2D eigenvalue weighted by atomic mass is 32.2. The predicted molar refractivity (Wildman–Crippen MR) is 66.3 cm³/mol. The standard InChI is InChI=1S/C10H17N3O3S/c1-4-17(15)6-5-13-7(2)12-8(9(13)11)10(14)16-3/h4-6,11H2,1-3H3. The lowest BCUT2D eigenvalue weighted by Crippen LogP contribution is -2.13. The molecule has 96 valence electrons. The third-order valence-electron chi connectivity index (χ3n) is 2.44. The van der Waals surface area contributed by atoms with Crippen LogP contribution in [0.2, 0.25) is 0 Å². The maximum absolute atomic E-state index is 11.4. The Hall–Kier alpha value is -1.37. The number of carbonyl (C=O) groups excluding carboxylic acids is 1. The van der Waals surface area contributed by atoms with E-state index in [1.807, 2.05) is 6.92 Å². The number of rotatable bonds is 5. The average Bonchev–Trinajstić information content (AvgIpc) is 2.61. The van der Waals surface area contributed by atoms with Crippen molar-refractivity contribution in [2.75, 3.05) is 24.3 Å². The number of nitrogens with zero attached hydrogens (tertiary/aromatic N) is 2. The van der Waals surface area contributed by atoms with Gasteiger partial charge in [-0.15, -0.1) is 0 Å². The van der Waals surface area contributed by atoms with E-state index in [4.69, 9.17) is 5.73 Å². The molecule has 0 radical (unpaired) electrons. The summed E-state index contributed by atoms with van der Waals surface area (Å²) in [6.07, 6.45) is 0. The topological polar surface area (TPSA) is 87.2 Å². The normalized spacial score (nSPS) is 12.4. The van der Waals surface area contributed by atoms with Gasteiger partial charge in [0.25, 0.3) is 0 Å². The van der Waals surface area contributed by atoms with Crippen LogP contribution in [-0.4, -0.2) is 38.3 Å². The zero-order chi connectivity index (χ0) is 13.0. The van der Waals surface area contributed by atoms with Gasteiger partial charge in [0.1, 0.15) is 11.6 Å². The van der Waals surface area contributed by atoms with Crippen LogP contribution < -0.4 is 5.73 Å². The van der Waals surface area contributed by atoms with Crippen LogP contribution in [0, 0.1) is 6.92 Å². The minimum atomic E-state index is -0.868. The van der Waals surface area contributed by atoms with Crippen molar-refractivity contribution in [2.45, 2.75) is 20.4 Å². The van der Waals surface area contributed by atoms with Gasteiger partial charge < -0.3 is 15.0 Å². The number of nitrogen functional groups attached to an aromatic ring is 1. The van der Waals surface area contributed by atoms with Crippen molar-refractivity contribution in [2.24, 2.45) is 0 Å². The van der Waals surface area contributed by atoms with E-state index in [9.17, 15) is 9.00 Å². The molecule has 0 aliphatic carbocycles. The molecule has 0 aliphatic rings. The van der Waals surface area contributed by atoms with Crippen LogP contribution in [0.1, 0.15) is 23.2 Å². The van der Waals surface area contributed by atoms with Crippen molar-refractivity contribution < 1.29 is 13.7 Å². The Morgan fingerprint density at radius 2 is 2.24 bits per heavy atom. The summed E-state index contributed by atoms with van der Waals surface area (Å²) < 4.78 is 17.6. The zero-order valence-electron chi connectivity index (χ0n) is 10.2. The number of anilines is 1. The first kappa shape index (κ1) is 13.7. The lowest BCUT2D eigenvalue weighted by molar-refractivity contribution is 0.0595. The summed E-state index contributed by atoms with van der Waals surface area (Å²) in [4.78, 5) is 15.4. The van der Waals surface area contributed by atoms with E-state index >= 15 is 0 Å². The fourth-order valence-electron chi connectivity index (χ4n) is 1.45. The third kappa shape index (κ3) is 3.06. The highest BCUT2D eigenvalue weighted by molar-refractivity contribution is 7.84. The van der Waals surface area contributed by atoms with Crippen molar-refractivity contribution in [3.63, 3.8) is 0 Å². The largest absolute Gasteiger partial charge is 0.464 e. The number of aryl methyl sites for hydroxylation is 1. The van der Waals surface area contributed by atoms with Crippen LogP contribution in [0.3, 0.4) is 0 Å². The molecule has 1 atom stereocenters. The highest BCUT2D eigenvalue weighted by Gasteiger charge is 2.18. The molecule has 0 bridgehead atoms. The summed E-state index contributed by atoms with van der Waals surface area (Å²) in [7, 11) is 0.412. The van der Waals surface area contributed by atoms with Gasteiger partial charge in [-0.1, -0.05) is 6.92 Å². The predicted octanol–water partition coefficient (Wildman–Crippen LogP) is 0.329. The number of imidazole rings is 1. The zero-order valence-corrected chi connectivity index (χ0v) is 11.0. The van der Waals surface area contributed by atoms with Crippen molar-refractivity contribution in [1.82, 2.24) is 9.55 Å². The maximum Gasteiger partial charge on any atom is 0.360 e. The van der Waals surface area contributed by atoms with Gasteiger partial charge in [-0.05, 0) is 6.92 Å². The Morgan fingerprint density at radius 3 is 2.76 bits per heavy atom. The highest BCUT2D eigenvalue weighted by Crippen LogP contribution is 2.15. The fourth-order valence-corrected chi connectivity index (χ4v) is 2.12. The molecule has 2 N–H and O–H groups in total. The molecule has 0 spiro atoms. The van der Waals surface area contributed by atoms with Crippen LogP contribution in [0.4, 0.5) is 5.82 Å². The SMILES string of the molecule is CCS(=O)CCn1c(C)nc(C(=O)OC)c1N. The van der Waals surface area contributed by atoms with Crippen molar-refractivity contribution in [1.29, 1.82) is 0 Å². The second-order valence-corrected chi connectivity index (χ2v) is 5.33. The lowest BCUT2D eigenvalue weighted by atomic mass is 10.4. The Morgan fingerprint density at radius 1 is 1.59 bits per heavy atom. The number of aromatic nitrogens is 2. The molecule has 6 nitrogen and oxygen atoms in total. The van der Waals surface area contributed by atoms with E-state index in [2.05, 4.69) is 9.72 Å². The maximum atomic E-state index is 11.4. The second-order valence-electron chi connectivity index (χ2n) is 3.47. The molecule has 0 amide bonds. The smallest absolute Gasteiger partial charge is 0.360 e. The van der Waals surface area contributed by atoms with Crippen LogP contribution >= 0.6 is 0 Å². The summed E-state index contributed by atoms with van der Waals surface area (Å²) in [6.45, 7) is 4.10. The number of carbonyl (C=O) groups is 1. The van der Waals surface area contributed by atoms with Gasteiger partial charge in [-0.2, -0.15) is 0 Å². The summed E-state index contributed by atoms with van der Waals surface area (Å²) in [5.41, 5.74) is 5.93. The summed E-state index contributed by atoms with van der Waals surface area (Å²) in [5.74, 6) is 1.44. The fraction of sp³-hybridized carbons (Fsp3) is 0.600. The van der Waals surface area contributed by atoms with Crippen LogP contribution in [-0.2, 0) is 22.1 Å². The van der Waals surface area contributed by atoms with Crippen molar-refractivity contribution in [3.8, 4) is 0 Å². The van der Waals surface area contributed by atoms with Gasteiger partial charge in [-0.3, -0.25) is 4.21 Å². The third-order valence-corrected chi connectivity index (χ3v) is 3.72. The van der Waals surface area contributed by atoms with Gasteiger partial charge in [0, 0.05) is 28.9 Å². The Labute approximate surface area is 103 Å². The minimum Gasteiger partial charge on any atom is -0.464 e. The van der Waals surface area contributed by atoms with Crippen molar-refractivity contribution >= 4 is 22.6 Å². The molecule has 1 aromatic heterocycles. The van der Waals surface area contributed by atoms with E-state index < -0.39 is 16.8 Å². The quantitative estimate of drug-likeness (QED) is 0.770. The van der Waals surface area contributed by atoms with Crippen LogP contribution in [0.5, 0.6) is 0 Å². The number of esters is 1. The molecule has 0 aromatic carbocycles. The van der Waals surface area contributed by atoms with Gasteiger partial charge in [0.15, 0.2) is 5.69 Å². The Balaban J connectivity index is 2.90. The van der Waals surface area contributed by atoms with E-state index in [-0.39, 0.29) is 11.5 Å². The van der Waals surface area contributed by atoms with Gasteiger partial charge in [-0.25, -0.2) is 9.78 Å². The first-order chi connectivity index (χ1) is 8.01. The van der Waals surface area contributed by atoms with Gasteiger partial charge in [0.2, 0.25) is 0 Å². The molecule has 0 saturated heterocycles. The Bertz CT molecular complexity index is 442. The second kappa shape index (κ2) is 5.81. The average molecular weight is 259 g/mol.